The summed E-state index contributed by atoms with van der Waals surface area (Å²) in [4.78, 5) is 12.8. The molecule has 0 aliphatic rings. The molecule has 0 heterocycles. The van der Waals surface area contributed by atoms with Gasteiger partial charge in [-0.25, -0.2) is 0 Å². The molecular weight excluding hydrogens is 282 g/mol. The number of anilines is 1. The zero-order valence-corrected chi connectivity index (χ0v) is 11.6. The van der Waals surface area contributed by atoms with E-state index in [1.807, 2.05) is 24.3 Å². The van der Waals surface area contributed by atoms with Crippen LogP contribution >= 0.6 is 15.9 Å². The summed E-state index contributed by atoms with van der Waals surface area (Å²) in [6.45, 7) is 3.60. The SMILES string of the molecule is CCCCN(CCC(=O)O)c1cccc(Br)c1. The molecule has 0 atom stereocenters. The van der Waals surface area contributed by atoms with Gasteiger partial charge in [0.05, 0.1) is 6.42 Å². The van der Waals surface area contributed by atoms with Crippen molar-refractivity contribution in [3.8, 4) is 0 Å². The zero-order chi connectivity index (χ0) is 12.7. The summed E-state index contributed by atoms with van der Waals surface area (Å²) in [5.74, 6) is -0.749. The maximum absolute atomic E-state index is 10.6. The number of halogens is 1. The van der Waals surface area contributed by atoms with Gasteiger partial charge in [0.15, 0.2) is 0 Å². The Morgan fingerprint density at radius 1 is 1.41 bits per heavy atom. The van der Waals surface area contributed by atoms with Crippen LogP contribution < -0.4 is 4.90 Å². The Bertz CT molecular complexity index is 368. The van der Waals surface area contributed by atoms with E-state index in [1.165, 1.54) is 0 Å². The molecule has 0 bridgehead atoms. The fraction of sp³-hybridized carbons (Fsp3) is 0.462. The highest BCUT2D eigenvalue weighted by Gasteiger charge is 2.08. The molecule has 0 aromatic heterocycles. The van der Waals surface area contributed by atoms with Crippen LogP contribution in [0.2, 0.25) is 0 Å². The predicted octanol–water partition coefficient (Wildman–Crippen LogP) is 3.53. The van der Waals surface area contributed by atoms with Gasteiger partial charge in [0, 0.05) is 23.2 Å². The van der Waals surface area contributed by atoms with Gasteiger partial charge in [0.25, 0.3) is 0 Å². The highest BCUT2D eigenvalue weighted by Crippen LogP contribution is 2.20. The molecule has 1 aromatic carbocycles. The molecule has 0 aliphatic heterocycles. The molecule has 1 aromatic rings. The highest BCUT2D eigenvalue weighted by molar-refractivity contribution is 9.10. The van der Waals surface area contributed by atoms with Gasteiger partial charge in [-0.15, -0.1) is 0 Å². The van der Waals surface area contributed by atoms with Crippen molar-refractivity contribution < 1.29 is 9.90 Å². The number of carboxylic acid groups (broad SMARTS) is 1. The van der Waals surface area contributed by atoms with Crippen LogP contribution in [-0.2, 0) is 4.79 Å². The van der Waals surface area contributed by atoms with E-state index in [-0.39, 0.29) is 6.42 Å². The van der Waals surface area contributed by atoms with Gasteiger partial charge in [-0.3, -0.25) is 4.79 Å². The minimum atomic E-state index is -0.749. The number of carbonyl (C=O) groups is 1. The molecular formula is C13H18BrNO2. The summed E-state index contributed by atoms with van der Waals surface area (Å²) >= 11 is 3.44. The average molecular weight is 300 g/mol. The first kappa shape index (κ1) is 14.0. The van der Waals surface area contributed by atoms with E-state index >= 15 is 0 Å². The Kier molecular flexibility index (Phi) is 6.05. The third-order valence-corrected chi connectivity index (χ3v) is 3.04. The van der Waals surface area contributed by atoms with Crippen molar-refractivity contribution in [1.29, 1.82) is 0 Å². The van der Waals surface area contributed by atoms with Gasteiger partial charge >= 0.3 is 5.97 Å². The lowest BCUT2D eigenvalue weighted by Crippen LogP contribution is -2.27. The summed E-state index contributed by atoms with van der Waals surface area (Å²) in [6.07, 6.45) is 2.36. The minimum absolute atomic E-state index is 0.177. The quantitative estimate of drug-likeness (QED) is 0.837. The summed E-state index contributed by atoms with van der Waals surface area (Å²) in [7, 11) is 0. The maximum atomic E-state index is 10.6. The largest absolute Gasteiger partial charge is 0.481 e. The summed E-state index contributed by atoms with van der Waals surface area (Å²) in [6, 6.07) is 7.98. The number of unbranched alkanes of at least 4 members (excludes halogenated alkanes) is 1. The minimum Gasteiger partial charge on any atom is -0.481 e. The molecule has 0 unspecified atom stereocenters. The van der Waals surface area contributed by atoms with E-state index in [9.17, 15) is 4.79 Å². The van der Waals surface area contributed by atoms with Crippen LogP contribution in [0.25, 0.3) is 0 Å². The molecule has 3 nitrogen and oxygen atoms in total. The van der Waals surface area contributed by atoms with Gasteiger partial charge in [-0.1, -0.05) is 35.3 Å². The molecule has 0 saturated heterocycles. The Balaban J connectivity index is 2.70. The first-order chi connectivity index (χ1) is 8.13. The average Bonchev–Trinajstić information content (AvgIpc) is 2.29. The van der Waals surface area contributed by atoms with E-state index in [4.69, 9.17) is 5.11 Å². The fourth-order valence-corrected chi connectivity index (χ4v) is 2.01. The van der Waals surface area contributed by atoms with Gasteiger partial charge in [0.2, 0.25) is 0 Å². The number of carboxylic acids is 1. The molecule has 0 spiro atoms. The van der Waals surface area contributed by atoms with Crippen molar-refractivity contribution in [1.82, 2.24) is 0 Å². The van der Waals surface area contributed by atoms with Crippen LogP contribution in [0.4, 0.5) is 5.69 Å². The van der Waals surface area contributed by atoms with Crippen molar-refractivity contribution in [2.75, 3.05) is 18.0 Å². The molecule has 0 radical (unpaired) electrons. The van der Waals surface area contributed by atoms with Gasteiger partial charge < -0.3 is 10.0 Å². The van der Waals surface area contributed by atoms with Crippen molar-refractivity contribution in [2.24, 2.45) is 0 Å². The normalized spacial score (nSPS) is 10.2. The maximum Gasteiger partial charge on any atom is 0.305 e. The summed E-state index contributed by atoms with van der Waals surface area (Å²) in [5, 5.41) is 8.75. The predicted molar refractivity (Wildman–Crippen MR) is 73.5 cm³/mol. The van der Waals surface area contributed by atoms with Crippen LogP contribution in [-0.4, -0.2) is 24.2 Å². The summed E-state index contributed by atoms with van der Waals surface area (Å²) < 4.78 is 1.02. The lowest BCUT2D eigenvalue weighted by Gasteiger charge is -2.24. The van der Waals surface area contributed by atoms with E-state index in [0.29, 0.717) is 6.54 Å². The second-order valence-corrected chi connectivity index (χ2v) is 4.88. The van der Waals surface area contributed by atoms with Crippen LogP contribution in [0.3, 0.4) is 0 Å². The first-order valence-electron chi connectivity index (χ1n) is 5.85. The smallest absolute Gasteiger partial charge is 0.305 e. The van der Waals surface area contributed by atoms with Crippen LogP contribution in [0, 0.1) is 0 Å². The highest BCUT2D eigenvalue weighted by atomic mass is 79.9. The van der Waals surface area contributed by atoms with Crippen molar-refractivity contribution in [2.45, 2.75) is 26.2 Å². The number of nitrogens with zero attached hydrogens (tertiary/aromatic N) is 1. The zero-order valence-electron chi connectivity index (χ0n) is 10.0. The fourth-order valence-electron chi connectivity index (χ4n) is 1.62. The Hall–Kier alpha value is -1.03. The Labute approximate surface area is 111 Å². The number of rotatable bonds is 7. The molecule has 1 rings (SSSR count). The van der Waals surface area contributed by atoms with Crippen LogP contribution in [0.1, 0.15) is 26.2 Å². The standard InChI is InChI=1S/C13H18BrNO2/c1-2-3-8-15(9-7-13(16)17)12-6-4-5-11(14)10-12/h4-6,10H,2-3,7-9H2,1H3,(H,16,17). The number of aliphatic carboxylic acids is 1. The molecule has 94 valence electrons. The second kappa shape index (κ2) is 7.33. The van der Waals surface area contributed by atoms with Crippen molar-refractivity contribution in [3.05, 3.63) is 28.7 Å². The lowest BCUT2D eigenvalue weighted by molar-refractivity contribution is -0.136. The third kappa shape index (κ3) is 5.22. The van der Waals surface area contributed by atoms with Gasteiger partial charge in [-0.05, 0) is 24.6 Å². The Morgan fingerprint density at radius 2 is 2.18 bits per heavy atom. The molecule has 1 N–H and O–H groups in total. The van der Waals surface area contributed by atoms with E-state index in [0.717, 1.165) is 29.5 Å². The third-order valence-electron chi connectivity index (χ3n) is 2.55. The number of hydrogen-bond acceptors (Lipinski definition) is 2. The van der Waals surface area contributed by atoms with E-state index < -0.39 is 5.97 Å². The van der Waals surface area contributed by atoms with Gasteiger partial charge in [0.1, 0.15) is 0 Å². The molecule has 0 amide bonds. The molecule has 0 fully saturated rings. The molecule has 4 heteroatoms. The molecule has 17 heavy (non-hydrogen) atoms. The van der Waals surface area contributed by atoms with Gasteiger partial charge in [-0.2, -0.15) is 0 Å². The molecule has 0 aliphatic carbocycles. The topological polar surface area (TPSA) is 40.5 Å². The number of hydrogen-bond donors (Lipinski definition) is 1. The van der Waals surface area contributed by atoms with Crippen LogP contribution in [0.15, 0.2) is 28.7 Å². The second-order valence-electron chi connectivity index (χ2n) is 3.96. The van der Waals surface area contributed by atoms with Crippen molar-refractivity contribution >= 4 is 27.6 Å². The first-order valence-corrected chi connectivity index (χ1v) is 6.65. The van der Waals surface area contributed by atoms with Crippen molar-refractivity contribution in [3.63, 3.8) is 0 Å². The summed E-state index contributed by atoms with van der Waals surface area (Å²) in [5.41, 5.74) is 1.08. The molecule has 0 saturated carbocycles. The monoisotopic (exact) mass is 299 g/mol. The van der Waals surface area contributed by atoms with E-state index in [2.05, 4.69) is 27.8 Å². The van der Waals surface area contributed by atoms with Crippen LogP contribution in [0.5, 0.6) is 0 Å². The number of benzene rings is 1. The van der Waals surface area contributed by atoms with E-state index in [1.54, 1.807) is 0 Å². The lowest BCUT2D eigenvalue weighted by atomic mass is 10.2. The Morgan fingerprint density at radius 3 is 2.76 bits per heavy atom.